The zero-order valence-electron chi connectivity index (χ0n) is 11.9. The number of rotatable bonds is 6. The highest BCUT2D eigenvalue weighted by Crippen LogP contribution is 2.27. The molecule has 106 valence electrons. The fourth-order valence-corrected chi connectivity index (χ4v) is 1.99. The summed E-state index contributed by atoms with van der Waals surface area (Å²) in [6, 6.07) is 11.4. The van der Waals surface area contributed by atoms with E-state index in [1.165, 1.54) is 0 Å². The topological polar surface area (TPSA) is 57.4 Å². The maximum atomic E-state index is 6.32. The largest absolute Gasteiger partial charge is 0.491 e. The number of hydrogen-bond acceptors (Lipinski definition) is 4. The van der Waals surface area contributed by atoms with E-state index >= 15 is 0 Å². The number of aromatic nitrogens is 1. The van der Waals surface area contributed by atoms with Gasteiger partial charge >= 0.3 is 0 Å². The monoisotopic (exact) mass is 272 g/mol. The Morgan fingerprint density at radius 3 is 2.75 bits per heavy atom. The lowest BCUT2D eigenvalue weighted by Crippen LogP contribution is -2.16. The maximum Gasteiger partial charge on any atom is 0.124 e. The molecule has 1 atom stereocenters. The van der Waals surface area contributed by atoms with Gasteiger partial charge in [0.2, 0.25) is 0 Å². The normalized spacial score (nSPS) is 12.2. The summed E-state index contributed by atoms with van der Waals surface area (Å²) in [5.41, 5.74) is 9.23. The van der Waals surface area contributed by atoms with Gasteiger partial charge in [0.1, 0.15) is 12.4 Å². The van der Waals surface area contributed by atoms with Crippen molar-refractivity contribution in [1.29, 1.82) is 0 Å². The van der Waals surface area contributed by atoms with Crippen LogP contribution in [0.5, 0.6) is 5.75 Å². The zero-order valence-corrected chi connectivity index (χ0v) is 11.9. The SMILES string of the molecule is COCCOc1ccccc1C(N)c1cc(C)ccn1. The molecule has 0 saturated carbocycles. The van der Waals surface area contributed by atoms with Crippen LogP contribution >= 0.6 is 0 Å². The van der Waals surface area contributed by atoms with Crippen LogP contribution in [0.1, 0.15) is 22.9 Å². The number of para-hydroxylation sites is 1. The highest BCUT2D eigenvalue weighted by Gasteiger charge is 2.15. The lowest BCUT2D eigenvalue weighted by atomic mass is 10.0. The van der Waals surface area contributed by atoms with Crippen LogP contribution in [-0.4, -0.2) is 25.3 Å². The summed E-state index contributed by atoms with van der Waals surface area (Å²) >= 11 is 0. The van der Waals surface area contributed by atoms with Crippen molar-refractivity contribution in [3.05, 3.63) is 59.4 Å². The first-order chi connectivity index (χ1) is 9.72. The molecule has 4 heteroatoms. The summed E-state index contributed by atoms with van der Waals surface area (Å²) in [6.07, 6.45) is 1.78. The van der Waals surface area contributed by atoms with E-state index in [4.69, 9.17) is 15.2 Å². The second-order valence-corrected chi connectivity index (χ2v) is 4.61. The summed E-state index contributed by atoms with van der Waals surface area (Å²) in [5.74, 6) is 0.778. The summed E-state index contributed by atoms with van der Waals surface area (Å²) < 4.78 is 10.7. The summed E-state index contributed by atoms with van der Waals surface area (Å²) in [7, 11) is 1.65. The molecule has 0 spiro atoms. The first kappa shape index (κ1) is 14.5. The van der Waals surface area contributed by atoms with Gasteiger partial charge in [0.25, 0.3) is 0 Å². The van der Waals surface area contributed by atoms with E-state index in [1.807, 2.05) is 43.3 Å². The van der Waals surface area contributed by atoms with Crippen molar-refractivity contribution >= 4 is 0 Å². The van der Waals surface area contributed by atoms with Crippen LogP contribution in [-0.2, 0) is 4.74 Å². The van der Waals surface area contributed by atoms with Crippen LogP contribution in [0, 0.1) is 6.92 Å². The fraction of sp³-hybridized carbons (Fsp3) is 0.312. The smallest absolute Gasteiger partial charge is 0.124 e. The summed E-state index contributed by atoms with van der Waals surface area (Å²) in [4.78, 5) is 4.35. The van der Waals surface area contributed by atoms with E-state index in [9.17, 15) is 0 Å². The second kappa shape index (κ2) is 7.03. The van der Waals surface area contributed by atoms with Crippen LogP contribution in [0.15, 0.2) is 42.6 Å². The van der Waals surface area contributed by atoms with Crippen molar-refractivity contribution in [2.75, 3.05) is 20.3 Å². The van der Waals surface area contributed by atoms with Crippen molar-refractivity contribution in [3.63, 3.8) is 0 Å². The number of ether oxygens (including phenoxy) is 2. The first-order valence-corrected chi connectivity index (χ1v) is 6.61. The second-order valence-electron chi connectivity index (χ2n) is 4.61. The Balaban J connectivity index is 2.23. The number of pyridine rings is 1. The van der Waals surface area contributed by atoms with E-state index in [-0.39, 0.29) is 6.04 Å². The van der Waals surface area contributed by atoms with Gasteiger partial charge in [0, 0.05) is 18.9 Å². The molecule has 2 rings (SSSR count). The minimum atomic E-state index is -0.298. The molecular weight excluding hydrogens is 252 g/mol. The summed E-state index contributed by atoms with van der Waals surface area (Å²) in [6.45, 7) is 3.08. The average molecular weight is 272 g/mol. The van der Waals surface area contributed by atoms with Crippen molar-refractivity contribution in [2.45, 2.75) is 13.0 Å². The Hall–Kier alpha value is -1.91. The van der Waals surface area contributed by atoms with Crippen LogP contribution in [0.2, 0.25) is 0 Å². The van der Waals surface area contributed by atoms with Crippen LogP contribution in [0.25, 0.3) is 0 Å². The predicted molar refractivity (Wildman–Crippen MR) is 78.8 cm³/mol. The zero-order chi connectivity index (χ0) is 14.4. The molecule has 1 aromatic heterocycles. The predicted octanol–water partition coefficient (Wildman–Crippen LogP) is 2.46. The van der Waals surface area contributed by atoms with Gasteiger partial charge in [-0.25, -0.2) is 0 Å². The van der Waals surface area contributed by atoms with Gasteiger partial charge in [-0.15, -0.1) is 0 Å². The molecule has 0 radical (unpaired) electrons. The molecule has 0 aliphatic carbocycles. The van der Waals surface area contributed by atoms with Crippen LogP contribution in [0.3, 0.4) is 0 Å². The minimum Gasteiger partial charge on any atom is -0.491 e. The standard InChI is InChI=1S/C16H20N2O2/c1-12-7-8-18-14(11-12)16(17)13-5-3-4-6-15(13)20-10-9-19-2/h3-8,11,16H,9-10,17H2,1-2H3. The molecule has 2 aromatic rings. The molecule has 0 fully saturated rings. The summed E-state index contributed by atoms with van der Waals surface area (Å²) in [5, 5.41) is 0. The molecule has 0 aliphatic rings. The lowest BCUT2D eigenvalue weighted by molar-refractivity contribution is 0.145. The van der Waals surface area contributed by atoms with E-state index < -0.39 is 0 Å². The average Bonchev–Trinajstić information content (AvgIpc) is 2.47. The molecule has 0 aliphatic heterocycles. The molecule has 4 nitrogen and oxygen atoms in total. The molecule has 0 saturated heterocycles. The number of hydrogen-bond donors (Lipinski definition) is 1. The number of aryl methyl sites for hydroxylation is 1. The van der Waals surface area contributed by atoms with Crippen LogP contribution in [0.4, 0.5) is 0 Å². The quantitative estimate of drug-likeness (QED) is 0.821. The number of methoxy groups -OCH3 is 1. The fourth-order valence-electron chi connectivity index (χ4n) is 1.99. The van der Waals surface area contributed by atoms with E-state index in [1.54, 1.807) is 13.3 Å². The molecule has 20 heavy (non-hydrogen) atoms. The third-order valence-corrected chi connectivity index (χ3v) is 3.05. The highest BCUT2D eigenvalue weighted by atomic mass is 16.5. The number of nitrogens with zero attached hydrogens (tertiary/aromatic N) is 1. The molecule has 1 heterocycles. The van der Waals surface area contributed by atoms with Gasteiger partial charge in [-0.3, -0.25) is 4.98 Å². The number of benzene rings is 1. The molecular formula is C16H20N2O2. The molecule has 0 bridgehead atoms. The Morgan fingerprint density at radius 2 is 2.00 bits per heavy atom. The third kappa shape index (κ3) is 3.56. The Morgan fingerprint density at radius 1 is 1.20 bits per heavy atom. The molecule has 1 aromatic carbocycles. The van der Waals surface area contributed by atoms with E-state index in [0.29, 0.717) is 13.2 Å². The Kier molecular flexibility index (Phi) is 5.09. The minimum absolute atomic E-state index is 0.298. The van der Waals surface area contributed by atoms with Gasteiger partial charge in [-0.05, 0) is 30.7 Å². The van der Waals surface area contributed by atoms with Crippen molar-refractivity contribution in [2.24, 2.45) is 5.73 Å². The lowest BCUT2D eigenvalue weighted by Gasteiger charge is -2.17. The number of nitrogens with two attached hydrogens (primary N) is 1. The van der Waals surface area contributed by atoms with E-state index in [0.717, 1.165) is 22.6 Å². The molecule has 0 amide bonds. The van der Waals surface area contributed by atoms with Gasteiger partial charge in [-0.1, -0.05) is 18.2 Å². The maximum absolute atomic E-state index is 6.32. The van der Waals surface area contributed by atoms with Gasteiger partial charge in [-0.2, -0.15) is 0 Å². The Bertz CT molecular complexity index is 558. The van der Waals surface area contributed by atoms with Gasteiger partial charge in [0.15, 0.2) is 0 Å². The van der Waals surface area contributed by atoms with Crippen molar-refractivity contribution in [1.82, 2.24) is 4.98 Å². The molecule has 2 N–H and O–H groups in total. The first-order valence-electron chi connectivity index (χ1n) is 6.61. The third-order valence-electron chi connectivity index (χ3n) is 3.05. The Labute approximate surface area is 119 Å². The van der Waals surface area contributed by atoms with Crippen molar-refractivity contribution < 1.29 is 9.47 Å². The van der Waals surface area contributed by atoms with E-state index in [2.05, 4.69) is 4.98 Å². The molecule has 1 unspecified atom stereocenters. The van der Waals surface area contributed by atoms with Gasteiger partial charge < -0.3 is 15.2 Å². The van der Waals surface area contributed by atoms with Crippen LogP contribution < -0.4 is 10.5 Å². The van der Waals surface area contributed by atoms with Crippen molar-refractivity contribution in [3.8, 4) is 5.75 Å². The van der Waals surface area contributed by atoms with Gasteiger partial charge in [0.05, 0.1) is 18.3 Å². The highest BCUT2D eigenvalue weighted by molar-refractivity contribution is 5.40.